The molecule has 158 valence electrons. The minimum atomic E-state index is -0.547. The summed E-state index contributed by atoms with van der Waals surface area (Å²) in [6.07, 6.45) is 0.998. The van der Waals surface area contributed by atoms with Crippen LogP contribution in [0.4, 0.5) is 16.3 Å². The summed E-state index contributed by atoms with van der Waals surface area (Å²) in [7, 11) is 0. The molecule has 0 aliphatic carbocycles. The van der Waals surface area contributed by atoms with Crippen LogP contribution in [0, 0.1) is 21.4 Å². The van der Waals surface area contributed by atoms with Gasteiger partial charge in [-0.3, -0.25) is 10.1 Å². The van der Waals surface area contributed by atoms with E-state index in [2.05, 4.69) is 21.3 Å². The summed E-state index contributed by atoms with van der Waals surface area (Å²) < 4.78 is 5.33. The number of nitriles is 1. The molecule has 9 heteroatoms. The van der Waals surface area contributed by atoms with Gasteiger partial charge in [0.1, 0.15) is 11.4 Å². The van der Waals surface area contributed by atoms with Crippen LogP contribution < -0.4 is 10.2 Å². The second-order valence-electron chi connectivity index (χ2n) is 8.51. The highest BCUT2D eigenvalue weighted by atomic mass is 16.6. The van der Waals surface area contributed by atoms with Gasteiger partial charge in [0.05, 0.1) is 22.1 Å². The van der Waals surface area contributed by atoms with Crippen molar-refractivity contribution in [1.29, 1.82) is 5.26 Å². The Hall–Kier alpha value is -3.41. The van der Waals surface area contributed by atoms with Crippen molar-refractivity contribution in [3.8, 4) is 6.07 Å². The van der Waals surface area contributed by atoms with E-state index in [1.54, 1.807) is 12.1 Å². The van der Waals surface area contributed by atoms with Crippen LogP contribution in [0.3, 0.4) is 0 Å². The number of alkyl carbamates (subject to hydrolysis) is 1. The van der Waals surface area contributed by atoms with Gasteiger partial charge >= 0.3 is 6.09 Å². The van der Waals surface area contributed by atoms with Gasteiger partial charge in [-0.1, -0.05) is 0 Å². The molecule has 1 aliphatic rings. The Labute approximate surface area is 174 Å². The maximum absolute atomic E-state index is 12.0. The molecule has 0 spiro atoms. The number of nitro groups is 1. The van der Waals surface area contributed by atoms with Gasteiger partial charge in [-0.15, -0.1) is 0 Å². The minimum Gasteiger partial charge on any atom is -0.444 e. The van der Waals surface area contributed by atoms with Gasteiger partial charge in [0.25, 0.3) is 5.69 Å². The molecule has 2 aromatic rings. The lowest BCUT2D eigenvalue weighted by Gasteiger charge is -2.39. The number of ether oxygens (including phenoxy) is 1. The van der Waals surface area contributed by atoms with Crippen LogP contribution in [0.25, 0.3) is 10.9 Å². The second-order valence-corrected chi connectivity index (χ2v) is 8.51. The third-order valence-electron chi connectivity index (χ3n) is 5.00. The molecule has 1 fully saturated rings. The first kappa shape index (κ1) is 21.3. The Kier molecular flexibility index (Phi) is 5.78. The van der Waals surface area contributed by atoms with E-state index >= 15 is 0 Å². The Bertz CT molecular complexity index is 1020. The maximum Gasteiger partial charge on any atom is 0.407 e. The third-order valence-corrected chi connectivity index (χ3v) is 5.00. The predicted octanol–water partition coefficient (Wildman–Crippen LogP) is 3.90. The molecule has 9 nitrogen and oxygen atoms in total. The molecule has 2 heterocycles. The van der Waals surface area contributed by atoms with Crippen molar-refractivity contribution in [1.82, 2.24) is 10.3 Å². The highest BCUT2D eigenvalue weighted by Crippen LogP contribution is 2.29. The van der Waals surface area contributed by atoms with E-state index < -0.39 is 16.6 Å². The molecule has 1 amide bonds. The molecule has 30 heavy (non-hydrogen) atoms. The number of benzene rings is 1. The van der Waals surface area contributed by atoms with Crippen LogP contribution in [-0.2, 0) is 4.74 Å². The topological polar surface area (TPSA) is 121 Å². The number of nitrogens with one attached hydrogen (secondary N) is 1. The summed E-state index contributed by atoms with van der Waals surface area (Å²) in [6, 6.07) is 8.20. The highest BCUT2D eigenvalue weighted by molar-refractivity contribution is 5.88. The number of carbonyl (C=O) groups excluding carboxylic acids is 1. The summed E-state index contributed by atoms with van der Waals surface area (Å²) in [5.74, 6) is 0.649. The zero-order valence-corrected chi connectivity index (χ0v) is 17.5. The van der Waals surface area contributed by atoms with Gasteiger partial charge in [0, 0.05) is 36.1 Å². The molecule has 0 bridgehead atoms. The molecule has 3 rings (SSSR count). The van der Waals surface area contributed by atoms with Crippen molar-refractivity contribution < 1.29 is 14.5 Å². The number of rotatable bonds is 3. The lowest BCUT2D eigenvalue weighted by atomic mass is 9.98. The number of hydrogen-bond donors (Lipinski definition) is 1. The van der Waals surface area contributed by atoms with E-state index in [1.807, 2.05) is 27.7 Å². The second kappa shape index (κ2) is 8.14. The molecule has 1 saturated heterocycles. The fraction of sp³-hybridized carbons (Fsp3) is 0.476. The van der Waals surface area contributed by atoms with Crippen LogP contribution in [0.2, 0.25) is 0 Å². The number of aromatic nitrogens is 1. The van der Waals surface area contributed by atoms with E-state index in [1.165, 1.54) is 12.1 Å². The van der Waals surface area contributed by atoms with Crippen molar-refractivity contribution in [2.45, 2.75) is 58.2 Å². The molecule has 1 aromatic heterocycles. The zero-order valence-electron chi connectivity index (χ0n) is 17.5. The lowest BCUT2D eigenvalue weighted by Crippen LogP contribution is -2.50. The number of hydrogen-bond acceptors (Lipinski definition) is 7. The van der Waals surface area contributed by atoms with E-state index in [9.17, 15) is 20.2 Å². The van der Waals surface area contributed by atoms with Gasteiger partial charge in [-0.2, -0.15) is 5.26 Å². The molecule has 0 radical (unpaired) electrons. The first-order chi connectivity index (χ1) is 14.1. The number of nitro benzene ring substituents is 1. The zero-order chi connectivity index (χ0) is 22.1. The number of anilines is 1. The number of piperidine rings is 1. The predicted molar refractivity (Wildman–Crippen MR) is 112 cm³/mol. The lowest BCUT2D eigenvalue weighted by molar-refractivity contribution is -0.384. The van der Waals surface area contributed by atoms with Crippen LogP contribution >= 0.6 is 0 Å². The van der Waals surface area contributed by atoms with Crippen LogP contribution in [0.15, 0.2) is 24.3 Å². The molecule has 1 aliphatic heterocycles. The fourth-order valence-electron chi connectivity index (χ4n) is 3.67. The molecular weight excluding hydrogens is 386 g/mol. The quantitative estimate of drug-likeness (QED) is 0.600. The normalized spacial score (nSPS) is 19.2. The molecular formula is C21H25N5O4. The van der Waals surface area contributed by atoms with Gasteiger partial charge in [0.2, 0.25) is 0 Å². The number of carbonyl (C=O) groups is 1. The minimum absolute atomic E-state index is 0.00959. The van der Waals surface area contributed by atoms with Crippen molar-refractivity contribution in [2.75, 3.05) is 11.4 Å². The summed E-state index contributed by atoms with van der Waals surface area (Å²) >= 11 is 0. The Morgan fingerprint density at radius 1 is 1.40 bits per heavy atom. The monoisotopic (exact) mass is 411 g/mol. The molecule has 1 N–H and O–H groups in total. The Balaban J connectivity index is 1.78. The third kappa shape index (κ3) is 4.76. The van der Waals surface area contributed by atoms with Crippen molar-refractivity contribution in [2.24, 2.45) is 0 Å². The summed E-state index contributed by atoms with van der Waals surface area (Å²) in [6.45, 7) is 8.16. The summed E-state index contributed by atoms with van der Waals surface area (Å²) in [4.78, 5) is 29.3. The number of non-ortho nitro benzene ring substituents is 1. The number of amides is 1. The van der Waals surface area contributed by atoms with Crippen LogP contribution in [0.1, 0.15) is 46.1 Å². The molecule has 2 unspecified atom stereocenters. The molecule has 1 aromatic carbocycles. The van der Waals surface area contributed by atoms with Gasteiger partial charge in [-0.25, -0.2) is 9.78 Å². The highest BCUT2D eigenvalue weighted by Gasteiger charge is 2.29. The number of fused-ring (bicyclic) bond motifs is 1. The van der Waals surface area contributed by atoms with E-state index in [-0.39, 0.29) is 17.8 Å². The van der Waals surface area contributed by atoms with Crippen molar-refractivity contribution >= 4 is 28.5 Å². The smallest absolute Gasteiger partial charge is 0.407 e. The first-order valence-corrected chi connectivity index (χ1v) is 9.83. The molecule has 2 atom stereocenters. The summed E-state index contributed by atoms with van der Waals surface area (Å²) in [5.41, 5.74) is 0.264. The molecule has 0 saturated carbocycles. The van der Waals surface area contributed by atoms with E-state index in [0.29, 0.717) is 41.7 Å². The SMILES string of the molecule is CC1CC(NC(=O)OC(C)(C)C)CCN1c1cc(C#N)c2cc([N+](=O)[O-])ccc2n1. The average molecular weight is 411 g/mol. The standard InChI is InChI=1S/C21H25N5O4/c1-13-9-15(23-20(27)30-21(2,3)4)7-8-25(13)19-10-14(12-22)17-11-16(26(28)29)5-6-18(17)24-19/h5-6,10-11,13,15H,7-9H2,1-4H3,(H,23,27). The number of nitrogens with zero attached hydrogens (tertiary/aromatic N) is 4. The van der Waals surface area contributed by atoms with Gasteiger partial charge < -0.3 is 15.0 Å². The fourth-order valence-corrected chi connectivity index (χ4v) is 3.67. The van der Waals surface area contributed by atoms with Gasteiger partial charge in [-0.05, 0) is 52.7 Å². The Morgan fingerprint density at radius 2 is 2.13 bits per heavy atom. The number of pyridine rings is 1. The van der Waals surface area contributed by atoms with Crippen LogP contribution in [0.5, 0.6) is 0 Å². The van der Waals surface area contributed by atoms with Gasteiger partial charge in [0.15, 0.2) is 0 Å². The first-order valence-electron chi connectivity index (χ1n) is 9.83. The van der Waals surface area contributed by atoms with E-state index in [0.717, 1.165) is 0 Å². The Morgan fingerprint density at radius 3 is 2.73 bits per heavy atom. The maximum atomic E-state index is 12.0. The van der Waals surface area contributed by atoms with Crippen molar-refractivity contribution in [3.63, 3.8) is 0 Å². The van der Waals surface area contributed by atoms with Crippen molar-refractivity contribution in [3.05, 3.63) is 39.9 Å². The average Bonchev–Trinajstić information content (AvgIpc) is 2.65. The van der Waals surface area contributed by atoms with Crippen LogP contribution in [-0.4, -0.2) is 40.2 Å². The van der Waals surface area contributed by atoms with E-state index in [4.69, 9.17) is 4.74 Å². The largest absolute Gasteiger partial charge is 0.444 e. The summed E-state index contributed by atoms with van der Waals surface area (Å²) in [5, 5.41) is 24.0.